The van der Waals surface area contributed by atoms with Crippen molar-refractivity contribution in [3.63, 3.8) is 0 Å². The molecule has 0 amide bonds. The molecule has 1 rings (SSSR count). The molecular formula is C8H12N2O2S. The number of carbonyl (C=O) groups is 1. The van der Waals surface area contributed by atoms with Crippen LogP contribution in [0, 0.1) is 0 Å². The van der Waals surface area contributed by atoms with Crippen LogP contribution >= 0.6 is 11.3 Å². The van der Waals surface area contributed by atoms with Gasteiger partial charge in [0.15, 0.2) is 0 Å². The highest BCUT2D eigenvalue weighted by Crippen LogP contribution is 2.01. The van der Waals surface area contributed by atoms with Crippen LogP contribution < -0.4 is 5.32 Å². The van der Waals surface area contributed by atoms with Crippen molar-refractivity contribution in [2.24, 2.45) is 0 Å². The number of nitrogens with one attached hydrogen (secondary N) is 1. The fourth-order valence-corrected chi connectivity index (χ4v) is 1.52. The van der Waals surface area contributed by atoms with Gasteiger partial charge < -0.3 is 5.11 Å². The largest absolute Gasteiger partial charge is 0.480 e. The quantitative estimate of drug-likeness (QED) is 0.747. The van der Waals surface area contributed by atoms with E-state index in [1.807, 2.05) is 12.3 Å². The summed E-state index contributed by atoms with van der Waals surface area (Å²) < 4.78 is 0. The highest BCUT2D eigenvalue weighted by atomic mass is 32.1. The summed E-state index contributed by atoms with van der Waals surface area (Å²) in [4.78, 5) is 14.7. The van der Waals surface area contributed by atoms with E-state index in [4.69, 9.17) is 5.11 Å². The first-order valence-corrected chi connectivity index (χ1v) is 5.01. The predicted molar refractivity (Wildman–Crippen MR) is 50.7 cm³/mol. The van der Waals surface area contributed by atoms with Gasteiger partial charge in [0.2, 0.25) is 0 Å². The van der Waals surface area contributed by atoms with E-state index < -0.39 is 12.0 Å². The lowest BCUT2D eigenvalue weighted by Crippen LogP contribution is -2.35. The summed E-state index contributed by atoms with van der Waals surface area (Å²) in [7, 11) is 0. The summed E-state index contributed by atoms with van der Waals surface area (Å²) in [6.45, 7) is 2.36. The normalized spacial score (nSPS) is 12.7. The minimum Gasteiger partial charge on any atom is -0.480 e. The maximum Gasteiger partial charge on any atom is 0.320 e. The molecule has 0 aromatic carbocycles. The minimum atomic E-state index is -0.808. The topological polar surface area (TPSA) is 62.2 Å². The molecule has 0 aliphatic rings. The van der Waals surface area contributed by atoms with Crippen molar-refractivity contribution < 1.29 is 9.90 Å². The number of hydrogen-bond acceptors (Lipinski definition) is 4. The molecule has 0 spiro atoms. The Morgan fingerprint density at radius 3 is 3.08 bits per heavy atom. The summed E-state index contributed by atoms with van der Waals surface area (Å²) in [6, 6.07) is -0.471. The van der Waals surface area contributed by atoms with Crippen LogP contribution in [0.2, 0.25) is 0 Å². The van der Waals surface area contributed by atoms with Crippen molar-refractivity contribution in [2.45, 2.75) is 25.9 Å². The molecule has 0 aliphatic heterocycles. The van der Waals surface area contributed by atoms with Gasteiger partial charge in [0, 0.05) is 11.9 Å². The molecule has 0 saturated heterocycles. The Labute approximate surface area is 80.6 Å². The van der Waals surface area contributed by atoms with Crippen LogP contribution in [-0.4, -0.2) is 22.1 Å². The SMILES string of the molecule is CCC(NCc1cscn1)C(=O)O. The fraction of sp³-hybridized carbons (Fsp3) is 0.500. The lowest BCUT2D eigenvalue weighted by molar-refractivity contribution is -0.139. The van der Waals surface area contributed by atoms with Gasteiger partial charge in [-0.3, -0.25) is 10.1 Å². The van der Waals surface area contributed by atoms with Crippen molar-refractivity contribution in [3.05, 3.63) is 16.6 Å². The third kappa shape index (κ3) is 3.12. The molecule has 2 N–H and O–H groups in total. The van der Waals surface area contributed by atoms with Crippen LogP contribution in [0.5, 0.6) is 0 Å². The number of hydrogen-bond donors (Lipinski definition) is 2. The Kier molecular flexibility index (Phi) is 3.85. The molecule has 0 saturated carbocycles. The Bertz CT molecular complexity index is 261. The van der Waals surface area contributed by atoms with Crippen molar-refractivity contribution in [1.29, 1.82) is 0 Å². The van der Waals surface area contributed by atoms with Gasteiger partial charge in [0.25, 0.3) is 0 Å². The third-order valence-electron chi connectivity index (χ3n) is 1.72. The third-order valence-corrected chi connectivity index (χ3v) is 2.35. The highest BCUT2D eigenvalue weighted by molar-refractivity contribution is 7.07. The van der Waals surface area contributed by atoms with Crippen LogP contribution in [0.15, 0.2) is 10.9 Å². The molecule has 4 nitrogen and oxygen atoms in total. The molecule has 0 fully saturated rings. The molecule has 0 bridgehead atoms. The first kappa shape index (κ1) is 10.1. The molecule has 1 aromatic heterocycles. The second-order valence-electron chi connectivity index (χ2n) is 2.66. The number of nitrogens with zero attached hydrogens (tertiary/aromatic N) is 1. The Morgan fingerprint density at radius 2 is 2.62 bits per heavy atom. The van der Waals surface area contributed by atoms with Gasteiger partial charge in [0.05, 0.1) is 11.2 Å². The Balaban J connectivity index is 2.36. The van der Waals surface area contributed by atoms with Crippen LogP contribution in [0.1, 0.15) is 19.0 Å². The van der Waals surface area contributed by atoms with Crippen LogP contribution in [0.3, 0.4) is 0 Å². The molecule has 0 radical (unpaired) electrons. The number of carboxylic acids is 1. The molecule has 1 heterocycles. The average Bonchev–Trinajstić information content (AvgIpc) is 2.57. The molecule has 13 heavy (non-hydrogen) atoms. The Hall–Kier alpha value is -0.940. The van der Waals surface area contributed by atoms with E-state index in [-0.39, 0.29) is 0 Å². The molecule has 0 aliphatic carbocycles. The van der Waals surface area contributed by atoms with Crippen molar-refractivity contribution in [3.8, 4) is 0 Å². The smallest absolute Gasteiger partial charge is 0.320 e. The van der Waals surface area contributed by atoms with Crippen molar-refractivity contribution in [1.82, 2.24) is 10.3 Å². The van der Waals surface area contributed by atoms with Crippen molar-refractivity contribution in [2.75, 3.05) is 0 Å². The number of aliphatic carboxylic acids is 1. The van der Waals surface area contributed by atoms with Crippen LogP contribution in [0.4, 0.5) is 0 Å². The van der Waals surface area contributed by atoms with E-state index in [1.165, 1.54) is 11.3 Å². The monoisotopic (exact) mass is 200 g/mol. The summed E-state index contributed by atoms with van der Waals surface area (Å²) in [5.74, 6) is -0.808. The van der Waals surface area contributed by atoms with Gasteiger partial charge in [-0.05, 0) is 6.42 Å². The zero-order valence-electron chi connectivity index (χ0n) is 7.36. The number of rotatable bonds is 5. The second kappa shape index (κ2) is 4.94. The maximum absolute atomic E-state index is 10.6. The first-order valence-electron chi connectivity index (χ1n) is 4.07. The number of thiazole rings is 1. The molecule has 5 heteroatoms. The maximum atomic E-state index is 10.6. The van der Waals surface area contributed by atoms with E-state index in [9.17, 15) is 4.79 Å². The van der Waals surface area contributed by atoms with E-state index >= 15 is 0 Å². The van der Waals surface area contributed by atoms with Gasteiger partial charge in [0.1, 0.15) is 6.04 Å². The predicted octanol–water partition coefficient (Wildman–Crippen LogP) is 1.10. The van der Waals surface area contributed by atoms with Gasteiger partial charge in [-0.25, -0.2) is 4.98 Å². The molecular weight excluding hydrogens is 188 g/mol. The first-order chi connectivity index (χ1) is 6.24. The Morgan fingerprint density at radius 1 is 1.85 bits per heavy atom. The van der Waals surface area contributed by atoms with Gasteiger partial charge in [-0.15, -0.1) is 11.3 Å². The molecule has 72 valence electrons. The lowest BCUT2D eigenvalue weighted by Gasteiger charge is -2.10. The zero-order chi connectivity index (χ0) is 9.68. The second-order valence-corrected chi connectivity index (χ2v) is 3.38. The lowest BCUT2D eigenvalue weighted by atomic mass is 10.2. The number of carboxylic acid groups (broad SMARTS) is 1. The van der Waals surface area contributed by atoms with E-state index in [0.29, 0.717) is 13.0 Å². The number of aromatic nitrogens is 1. The molecule has 1 aromatic rings. The highest BCUT2D eigenvalue weighted by Gasteiger charge is 2.13. The van der Waals surface area contributed by atoms with Crippen molar-refractivity contribution >= 4 is 17.3 Å². The van der Waals surface area contributed by atoms with E-state index in [1.54, 1.807) is 5.51 Å². The summed E-state index contributed by atoms with van der Waals surface area (Å²) in [6.07, 6.45) is 0.583. The van der Waals surface area contributed by atoms with Crippen LogP contribution in [0.25, 0.3) is 0 Å². The van der Waals surface area contributed by atoms with Gasteiger partial charge in [-0.1, -0.05) is 6.92 Å². The van der Waals surface area contributed by atoms with Crippen LogP contribution in [-0.2, 0) is 11.3 Å². The summed E-state index contributed by atoms with van der Waals surface area (Å²) in [5.41, 5.74) is 2.63. The summed E-state index contributed by atoms with van der Waals surface area (Å²) in [5, 5.41) is 13.5. The van der Waals surface area contributed by atoms with Gasteiger partial charge in [-0.2, -0.15) is 0 Å². The van der Waals surface area contributed by atoms with Gasteiger partial charge >= 0.3 is 5.97 Å². The standard InChI is InChI=1S/C8H12N2O2S/c1-2-7(8(11)12)9-3-6-4-13-5-10-6/h4-5,7,9H,2-3H2,1H3,(H,11,12). The molecule has 1 atom stereocenters. The van der Waals surface area contributed by atoms with E-state index in [2.05, 4.69) is 10.3 Å². The minimum absolute atomic E-state index is 0.471. The average molecular weight is 200 g/mol. The fourth-order valence-electron chi connectivity index (χ4n) is 0.959. The van der Waals surface area contributed by atoms with E-state index in [0.717, 1.165) is 5.69 Å². The zero-order valence-corrected chi connectivity index (χ0v) is 8.17. The summed E-state index contributed by atoms with van der Waals surface area (Å²) >= 11 is 1.51. The molecule has 1 unspecified atom stereocenters.